The highest BCUT2D eigenvalue weighted by Gasteiger charge is 2.08. The fraction of sp³-hybridized carbons (Fsp3) is 0.500. The van der Waals surface area contributed by atoms with E-state index in [-0.39, 0.29) is 0 Å². The van der Waals surface area contributed by atoms with Gasteiger partial charge in [0.2, 0.25) is 0 Å². The summed E-state index contributed by atoms with van der Waals surface area (Å²) in [7, 11) is 2.02. The third-order valence-corrected chi connectivity index (χ3v) is 3.92. The Labute approximate surface area is 124 Å². The Morgan fingerprint density at radius 1 is 1.25 bits per heavy atom. The summed E-state index contributed by atoms with van der Waals surface area (Å²) in [4.78, 5) is 16.5. The number of aryl methyl sites for hydroxylation is 1. The van der Waals surface area contributed by atoms with E-state index < -0.39 is 0 Å². The number of aromatic nitrogens is 3. The summed E-state index contributed by atoms with van der Waals surface area (Å²) in [6.45, 7) is 7.84. The monoisotopic (exact) mass is 291 g/mol. The molecule has 0 aliphatic rings. The van der Waals surface area contributed by atoms with Crippen LogP contribution >= 0.6 is 11.3 Å². The van der Waals surface area contributed by atoms with Crippen LogP contribution in [0, 0.1) is 6.92 Å². The van der Waals surface area contributed by atoms with Gasteiger partial charge in [0.25, 0.3) is 0 Å². The first-order chi connectivity index (χ1) is 9.56. The number of nitrogens with zero attached hydrogens (tertiary/aromatic N) is 4. The summed E-state index contributed by atoms with van der Waals surface area (Å²) in [6, 6.07) is 0.452. The van der Waals surface area contributed by atoms with Crippen molar-refractivity contribution in [3.63, 3.8) is 0 Å². The molecular weight excluding hydrogens is 270 g/mol. The third-order valence-electron chi connectivity index (χ3n) is 3.00. The molecule has 0 aromatic carbocycles. The largest absolute Gasteiger partial charge is 0.353 e. The van der Waals surface area contributed by atoms with Crippen LogP contribution < -0.4 is 10.2 Å². The quantitative estimate of drug-likeness (QED) is 0.885. The molecule has 2 rings (SSSR count). The van der Waals surface area contributed by atoms with Crippen molar-refractivity contribution in [1.29, 1.82) is 0 Å². The maximum Gasteiger partial charge on any atom is 0.147 e. The molecule has 0 bridgehead atoms. The summed E-state index contributed by atoms with van der Waals surface area (Å²) in [5.74, 6) is 0.881. The fourth-order valence-electron chi connectivity index (χ4n) is 1.72. The Balaban J connectivity index is 1.97. The Bertz CT molecular complexity index is 535. The highest BCUT2D eigenvalue weighted by Crippen LogP contribution is 2.17. The molecule has 2 aromatic heterocycles. The van der Waals surface area contributed by atoms with Crippen LogP contribution in [-0.4, -0.2) is 28.0 Å². The minimum absolute atomic E-state index is 0.452. The molecule has 6 heteroatoms. The average Bonchev–Trinajstić information content (AvgIpc) is 2.82. The Hall–Kier alpha value is -1.53. The third kappa shape index (κ3) is 3.98. The predicted molar refractivity (Wildman–Crippen MR) is 83.0 cm³/mol. The normalized spacial score (nSPS) is 11.1. The molecule has 0 fully saturated rings. The standard InChI is InChI=1S/C14H21N5S/c1-10(2)15-5-12-6-17-14(7-16-12)19(4)8-13-11(3)18-9-20-13/h6-7,9-10,15H,5,8H2,1-4H3. The summed E-state index contributed by atoms with van der Waals surface area (Å²) in [5, 5.41) is 3.33. The Morgan fingerprint density at radius 3 is 2.60 bits per heavy atom. The lowest BCUT2D eigenvalue weighted by molar-refractivity contribution is 0.580. The second kappa shape index (κ2) is 6.76. The van der Waals surface area contributed by atoms with Gasteiger partial charge in [-0.2, -0.15) is 0 Å². The second-order valence-corrected chi connectivity index (χ2v) is 6.06. The van der Waals surface area contributed by atoms with E-state index in [1.807, 2.05) is 31.9 Å². The zero-order valence-corrected chi connectivity index (χ0v) is 13.2. The summed E-state index contributed by atoms with van der Waals surface area (Å²) in [6.07, 6.45) is 3.66. The van der Waals surface area contributed by atoms with E-state index in [0.29, 0.717) is 6.04 Å². The summed E-state index contributed by atoms with van der Waals surface area (Å²) >= 11 is 1.68. The van der Waals surface area contributed by atoms with Gasteiger partial charge in [0.15, 0.2) is 0 Å². The number of thiazole rings is 1. The van der Waals surface area contributed by atoms with Crippen molar-refractivity contribution < 1.29 is 0 Å². The van der Waals surface area contributed by atoms with Crippen molar-refractivity contribution in [2.45, 2.75) is 39.9 Å². The minimum Gasteiger partial charge on any atom is -0.353 e. The van der Waals surface area contributed by atoms with Gasteiger partial charge >= 0.3 is 0 Å². The minimum atomic E-state index is 0.452. The van der Waals surface area contributed by atoms with Gasteiger partial charge in [-0.3, -0.25) is 4.98 Å². The topological polar surface area (TPSA) is 53.9 Å². The van der Waals surface area contributed by atoms with Gasteiger partial charge in [-0.25, -0.2) is 9.97 Å². The molecule has 0 aliphatic heterocycles. The summed E-state index contributed by atoms with van der Waals surface area (Å²) in [5.41, 5.74) is 3.93. The van der Waals surface area contributed by atoms with Gasteiger partial charge in [-0.05, 0) is 6.92 Å². The van der Waals surface area contributed by atoms with Gasteiger partial charge in [0.1, 0.15) is 5.82 Å². The van der Waals surface area contributed by atoms with Crippen molar-refractivity contribution >= 4 is 17.2 Å². The average molecular weight is 291 g/mol. The van der Waals surface area contributed by atoms with E-state index in [1.54, 1.807) is 11.3 Å². The van der Waals surface area contributed by atoms with E-state index in [4.69, 9.17) is 0 Å². The number of hydrogen-bond acceptors (Lipinski definition) is 6. The van der Waals surface area contributed by atoms with E-state index >= 15 is 0 Å². The van der Waals surface area contributed by atoms with E-state index in [0.717, 1.165) is 30.3 Å². The zero-order chi connectivity index (χ0) is 14.5. The van der Waals surface area contributed by atoms with Gasteiger partial charge in [0, 0.05) is 24.5 Å². The van der Waals surface area contributed by atoms with Crippen LogP contribution in [0.3, 0.4) is 0 Å². The maximum absolute atomic E-state index is 4.47. The number of rotatable bonds is 6. The molecule has 0 saturated carbocycles. The second-order valence-electron chi connectivity index (χ2n) is 5.12. The number of anilines is 1. The molecule has 0 spiro atoms. The molecule has 108 valence electrons. The lowest BCUT2D eigenvalue weighted by Crippen LogP contribution is -2.23. The maximum atomic E-state index is 4.47. The molecule has 5 nitrogen and oxygen atoms in total. The van der Waals surface area contributed by atoms with Crippen LogP contribution in [0.25, 0.3) is 0 Å². The SMILES string of the molecule is Cc1ncsc1CN(C)c1cnc(CNC(C)C)cn1. The molecule has 0 saturated heterocycles. The smallest absolute Gasteiger partial charge is 0.147 e. The first-order valence-electron chi connectivity index (χ1n) is 6.70. The van der Waals surface area contributed by atoms with Crippen molar-refractivity contribution in [3.8, 4) is 0 Å². The Morgan fingerprint density at radius 2 is 2.05 bits per heavy atom. The van der Waals surface area contributed by atoms with Crippen LogP contribution in [0.4, 0.5) is 5.82 Å². The zero-order valence-electron chi connectivity index (χ0n) is 12.4. The molecule has 0 radical (unpaired) electrons. The predicted octanol–water partition coefficient (Wildman–Crippen LogP) is 2.38. The summed E-state index contributed by atoms with van der Waals surface area (Å²) < 4.78 is 0. The van der Waals surface area contributed by atoms with Crippen molar-refractivity contribution in [3.05, 3.63) is 34.2 Å². The van der Waals surface area contributed by atoms with Gasteiger partial charge in [-0.1, -0.05) is 13.8 Å². The lowest BCUT2D eigenvalue weighted by atomic mass is 10.3. The van der Waals surface area contributed by atoms with Gasteiger partial charge < -0.3 is 10.2 Å². The number of hydrogen-bond donors (Lipinski definition) is 1. The van der Waals surface area contributed by atoms with Crippen molar-refractivity contribution in [1.82, 2.24) is 20.3 Å². The molecular formula is C14H21N5S. The van der Waals surface area contributed by atoms with Gasteiger partial charge in [0.05, 0.1) is 35.8 Å². The van der Waals surface area contributed by atoms with Crippen LogP contribution in [0.5, 0.6) is 0 Å². The molecule has 0 aliphatic carbocycles. The molecule has 0 amide bonds. The highest BCUT2D eigenvalue weighted by atomic mass is 32.1. The van der Waals surface area contributed by atoms with Crippen LogP contribution in [0.15, 0.2) is 17.9 Å². The molecule has 2 aromatic rings. The molecule has 2 heterocycles. The highest BCUT2D eigenvalue weighted by molar-refractivity contribution is 7.09. The van der Waals surface area contributed by atoms with E-state index in [9.17, 15) is 0 Å². The van der Waals surface area contributed by atoms with Crippen molar-refractivity contribution in [2.75, 3.05) is 11.9 Å². The van der Waals surface area contributed by atoms with E-state index in [2.05, 4.69) is 39.0 Å². The molecule has 20 heavy (non-hydrogen) atoms. The lowest BCUT2D eigenvalue weighted by Gasteiger charge is -2.17. The first kappa shape index (κ1) is 14.9. The van der Waals surface area contributed by atoms with E-state index in [1.165, 1.54) is 4.88 Å². The van der Waals surface area contributed by atoms with Crippen molar-refractivity contribution in [2.24, 2.45) is 0 Å². The number of nitrogens with one attached hydrogen (secondary N) is 1. The van der Waals surface area contributed by atoms with Crippen LogP contribution in [0.2, 0.25) is 0 Å². The Kier molecular flexibility index (Phi) is 5.03. The van der Waals surface area contributed by atoms with Crippen LogP contribution in [-0.2, 0) is 13.1 Å². The molecule has 0 unspecified atom stereocenters. The molecule has 1 N–H and O–H groups in total. The van der Waals surface area contributed by atoms with Crippen LogP contribution in [0.1, 0.15) is 30.1 Å². The fourth-order valence-corrected chi connectivity index (χ4v) is 2.55. The molecule has 0 atom stereocenters. The first-order valence-corrected chi connectivity index (χ1v) is 7.58. The van der Waals surface area contributed by atoms with Gasteiger partial charge in [-0.15, -0.1) is 11.3 Å².